The van der Waals surface area contributed by atoms with E-state index in [-0.39, 0.29) is 12.3 Å². The van der Waals surface area contributed by atoms with Gasteiger partial charge in [-0.05, 0) is 23.8 Å². The van der Waals surface area contributed by atoms with Crippen LogP contribution in [-0.4, -0.2) is 36.1 Å². The fraction of sp³-hybridized carbons (Fsp3) is 0.190. The number of amides is 1. The summed E-state index contributed by atoms with van der Waals surface area (Å²) in [6, 6.07) is 10.8. The van der Waals surface area contributed by atoms with Crippen molar-refractivity contribution < 1.29 is 23.8 Å². The first-order valence-electron chi connectivity index (χ1n) is 8.95. The highest BCUT2D eigenvalue weighted by Gasteiger charge is 2.36. The summed E-state index contributed by atoms with van der Waals surface area (Å²) in [4.78, 5) is 31.8. The van der Waals surface area contributed by atoms with Gasteiger partial charge in [0.05, 0.1) is 38.9 Å². The molecular formula is C21H19N3O5. The smallest absolute Gasteiger partial charge is 0.343 e. The van der Waals surface area contributed by atoms with Crippen LogP contribution in [0.4, 0.5) is 5.69 Å². The molecule has 29 heavy (non-hydrogen) atoms. The van der Waals surface area contributed by atoms with E-state index in [1.165, 1.54) is 14.2 Å². The lowest BCUT2D eigenvalue weighted by Crippen LogP contribution is -2.15. The molecule has 1 aliphatic rings. The van der Waals surface area contributed by atoms with Gasteiger partial charge in [-0.2, -0.15) is 0 Å². The first kappa shape index (κ1) is 18.5. The third-order valence-electron chi connectivity index (χ3n) is 4.73. The predicted octanol–water partition coefficient (Wildman–Crippen LogP) is 3.33. The van der Waals surface area contributed by atoms with E-state index in [1.54, 1.807) is 36.8 Å². The lowest BCUT2D eigenvalue weighted by atomic mass is 10.0. The highest BCUT2D eigenvalue weighted by molar-refractivity contribution is 5.99. The molecule has 0 aliphatic carbocycles. The molecule has 0 unspecified atom stereocenters. The monoisotopic (exact) mass is 393 g/mol. The number of hydrogen-bond acceptors (Lipinski definition) is 6. The Kier molecular flexibility index (Phi) is 4.90. The summed E-state index contributed by atoms with van der Waals surface area (Å²) in [6.45, 7) is 0. The minimum Gasteiger partial charge on any atom is -0.493 e. The Bertz CT molecular complexity index is 1040. The van der Waals surface area contributed by atoms with Crippen molar-refractivity contribution in [3.63, 3.8) is 0 Å². The van der Waals surface area contributed by atoms with Crippen LogP contribution in [-0.2, 0) is 9.53 Å². The lowest BCUT2D eigenvalue weighted by molar-refractivity contribution is -0.118. The number of nitrogens with zero attached hydrogens (tertiary/aromatic N) is 1. The van der Waals surface area contributed by atoms with Gasteiger partial charge in [0.25, 0.3) is 0 Å². The maximum Gasteiger partial charge on any atom is 0.343 e. The molecule has 2 heterocycles. The predicted molar refractivity (Wildman–Crippen MR) is 105 cm³/mol. The summed E-state index contributed by atoms with van der Waals surface area (Å²) in [5.74, 6) is -0.0462. The number of aromatic amines is 1. The number of H-pyrrole nitrogens is 1. The summed E-state index contributed by atoms with van der Waals surface area (Å²) >= 11 is 0. The molecule has 1 amide bonds. The first-order valence-corrected chi connectivity index (χ1v) is 8.95. The van der Waals surface area contributed by atoms with Crippen molar-refractivity contribution in [3.8, 4) is 22.8 Å². The molecule has 0 saturated carbocycles. The molecule has 1 aromatic heterocycles. The van der Waals surface area contributed by atoms with Crippen LogP contribution in [0.1, 0.15) is 28.4 Å². The van der Waals surface area contributed by atoms with Crippen molar-refractivity contribution in [2.24, 2.45) is 0 Å². The minimum absolute atomic E-state index is 0.00345. The average molecular weight is 393 g/mol. The Morgan fingerprint density at radius 2 is 1.97 bits per heavy atom. The summed E-state index contributed by atoms with van der Waals surface area (Å²) < 4.78 is 15.9. The van der Waals surface area contributed by atoms with Crippen LogP contribution < -0.4 is 14.8 Å². The number of ether oxygens (including phenoxy) is 3. The Labute approximate surface area is 166 Å². The Morgan fingerprint density at radius 1 is 1.17 bits per heavy atom. The molecule has 1 aliphatic heterocycles. The molecule has 0 spiro atoms. The zero-order valence-corrected chi connectivity index (χ0v) is 15.9. The topological polar surface area (TPSA) is 103 Å². The lowest BCUT2D eigenvalue weighted by Gasteiger charge is -2.13. The van der Waals surface area contributed by atoms with Crippen LogP contribution in [0, 0.1) is 0 Å². The number of cyclic esters (lactones) is 1. The van der Waals surface area contributed by atoms with E-state index in [2.05, 4.69) is 15.3 Å². The van der Waals surface area contributed by atoms with Crippen molar-refractivity contribution in [1.29, 1.82) is 0 Å². The highest BCUT2D eigenvalue weighted by Crippen LogP contribution is 2.43. The van der Waals surface area contributed by atoms with E-state index in [0.717, 1.165) is 11.3 Å². The van der Waals surface area contributed by atoms with Gasteiger partial charge in [0.15, 0.2) is 11.5 Å². The van der Waals surface area contributed by atoms with Crippen LogP contribution in [0.5, 0.6) is 11.5 Å². The number of nitrogens with one attached hydrogen (secondary N) is 2. The molecule has 1 atom stereocenters. The first-order chi connectivity index (χ1) is 14.1. The van der Waals surface area contributed by atoms with Gasteiger partial charge in [-0.25, -0.2) is 9.78 Å². The van der Waals surface area contributed by atoms with Gasteiger partial charge in [-0.3, -0.25) is 4.79 Å². The molecular weight excluding hydrogens is 374 g/mol. The van der Waals surface area contributed by atoms with Crippen LogP contribution in [0.15, 0.2) is 48.9 Å². The SMILES string of the molecule is COc1ccc2c(c1OC)C(=O)O[C@H]2CC(=O)Nc1ccc(-c2cnc[nH]2)cc1. The molecule has 148 valence electrons. The second-order valence-corrected chi connectivity index (χ2v) is 6.45. The molecule has 0 bridgehead atoms. The fourth-order valence-electron chi connectivity index (χ4n) is 3.35. The third kappa shape index (κ3) is 3.52. The largest absolute Gasteiger partial charge is 0.493 e. The van der Waals surface area contributed by atoms with Crippen LogP contribution in [0.2, 0.25) is 0 Å². The van der Waals surface area contributed by atoms with Crippen LogP contribution in [0.25, 0.3) is 11.3 Å². The third-order valence-corrected chi connectivity index (χ3v) is 4.73. The molecule has 3 aromatic rings. The Balaban J connectivity index is 1.47. The molecule has 0 radical (unpaired) electrons. The van der Waals surface area contributed by atoms with E-state index in [9.17, 15) is 9.59 Å². The zero-order valence-electron chi connectivity index (χ0n) is 15.9. The number of esters is 1. The molecule has 4 rings (SSSR count). The zero-order chi connectivity index (χ0) is 20.4. The number of carbonyl (C=O) groups is 2. The van der Waals surface area contributed by atoms with Gasteiger partial charge in [0.2, 0.25) is 5.91 Å². The quantitative estimate of drug-likeness (QED) is 0.623. The van der Waals surface area contributed by atoms with Crippen molar-refractivity contribution in [2.75, 3.05) is 19.5 Å². The summed E-state index contributed by atoms with van der Waals surface area (Å²) in [5, 5.41) is 2.83. The number of imidazole rings is 1. The highest BCUT2D eigenvalue weighted by atomic mass is 16.6. The number of fused-ring (bicyclic) bond motifs is 1. The number of anilines is 1. The number of hydrogen-bond donors (Lipinski definition) is 2. The molecule has 0 saturated heterocycles. The second-order valence-electron chi connectivity index (χ2n) is 6.45. The van der Waals surface area contributed by atoms with Crippen molar-refractivity contribution >= 4 is 17.6 Å². The van der Waals surface area contributed by atoms with Gasteiger partial charge in [0, 0.05) is 11.3 Å². The number of aromatic nitrogens is 2. The molecule has 8 heteroatoms. The number of methoxy groups -OCH3 is 2. The van der Waals surface area contributed by atoms with E-state index in [4.69, 9.17) is 14.2 Å². The van der Waals surface area contributed by atoms with Crippen LogP contribution in [0.3, 0.4) is 0 Å². The van der Waals surface area contributed by atoms with E-state index in [0.29, 0.717) is 28.3 Å². The summed E-state index contributed by atoms with van der Waals surface area (Å²) in [7, 11) is 2.95. The van der Waals surface area contributed by atoms with Gasteiger partial charge in [0.1, 0.15) is 11.7 Å². The molecule has 8 nitrogen and oxygen atoms in total. The number of benzene rings is 2. The van der Waals surface area contributed by atoms with E-state index >= 15 is 0 Å². The van der Waals surface area contributed by atoms with Gasteiger partial charge < -0.3 is 24.5 Å². The van der Waals surface area contributed by atoms with Crippen molar-refractivity contribution in [3.05, 3.63) is 60.0 Å². The Hall–Kier alpha value is -3.81. The fourth-order valence-corrected chi connectivity index (χ4v) is 3.35. The second kappa shape index (κ2) is 7.67. The normalized spacial score (nSPS) is 14.8. The molecule has 2 aromatic carbocycles. The van der Waals surface area contributed by atoms with Gasteiger partial charge >= 0.3 is 5.97 Å². The number of carbonyl (C=O) groups excluding carboxylic acids is 2. The van der Waals surface area contributed by atoms with E-state index < -0.39 is 12.1 Å². The van der Waals surface area contributed by atoms with E-state index in [1.807, 2.05) is 12.1 Å². The average Bonchev–Trinajstić information content (AvgIpc) is 3.37. The summed E-state index contributed by atoms with van der Waals surface area (Å²) in [6.07, 6.45) is 2.65. The Morgan fingerprint density at radius 3 is 2.62 bits per heavy atom. The standard InChI is InChI=1S/C21H19N3O5/c1-27-16-8-7-14-17(29-21(26)19(14)20(16)28-2)9-18(25)24-13-5-3-12(4-6-13)15-10-22-11-23-15/h3-8,10-11,17H,9H2,1-2H3,(H,22,23)(H,24,25)/t17-/m0/s1. The van der Waals surface area contributed by atoms with Gasteiger partial charge in [-0.15, -0.1) is 0 Å². The van der Waals surface area contributed by atoms with Crippen LogP contribution >= 0.6 is 0 Å². The number of rotatable bonds is 6. The molecule has 0 fully saturated rings. The maximum atomic E-state index is 12.5. The minimum atomic E-state index is -0.679. The maximum absolute atomic E-state index is 12.5. The van der Waals surface area contributed by atoms with Crippen molar-refractivity contribution in [2.45, 2.75) is 12.5 Å². The summed E-state index contributed by atoms with van der Waals surface area (Å²) in [5.41, 5.74) is 3.41. The van der Waals surface area contributed by atoms with Gasteiger partial charge in [-0.1, -0.05) is 18.2 Å². The van der Waals surface area contributed by atoms with Crippen molar-refractivity contribution in [1.82, 2.24) is 9.97 Å². The molecule has 2 N–H and O–H groups in total.